The maximum Gasteiger partial charge on any atom is 0.341 e. The van der Waals surface area contributed by atoms with Crippen molar-refractivity contribution in [3.63, 3.8) is 0 Å². The normalized spacial score (nSPS) is 10.6. The molecule has 0 aliphatic rings. The molecule has 0 aliphatic carbocycles. The molecular formula is C18H17BrClN3O5. The van der Waals surface area contributed by atoms with Gasteiger partial charge in [-0.05, 0) is 48.4 Å². The molecule has 0 atom stereocenters. The van der Waals surface area contributed by atoms with Crippen molar-refractivity contribution in [1.82, 2.24) is 5.43 Å². The number of ether oxygens (including phenoxy) is 2. The number of rotatable bonds is 7. The van der Waals surface area contributed by atoms with Gasteiger partial charge in [-0.25, -0.2) is 15.0 Å². The van der Waals surface area contributed by atoms with Crippen LogP contribution in [-0.4, -0.2) is 37.0 Å². The summed E-state index contributed by atoms with van der Waals surface area (Å²) < 4.78 is 11.2. The summed E-state index contributed by atoms with van der Waals surface area (Å²) >= 11 is 9.50. The number of nitrogens with zero attached hydrogens (tertiary/aromatic N) is 1. The number of hydrogen-bond donors (Lipinski definition) is 3. The number of halogens is 2. The van der Waals surface area contributed by atoms with Gasteiger partial charge in [-0.2, -0.15) is 5.10 Å². The first kappa shape index (κ1) is 21.5. The second-order valence-corrected chi connectivity index (χ2v) is 6.77. The number of carboxylic acids is 1. The topological polar surface area (TPSA) is 109 Å². The van der Waals surface area contributed by atoms with Crippen molar-refractivity contribution in [3.05, 3.63) is 51.0 Å². The molecule has 2 amide bonds. The molecule has 8 nitrogen and oxygen atoms in total. The number of carbonyl (C=O) groups excluding carboxylic acids is 1. The molecule has 0 aliphatic heterocycles. The number of benzene rings is 2. The lowest BCUT2D eigenvalue weighted by molar-refractivity contribution is -0.139. The Morgan fingerprint density at radius 2 is 2.07 bits per heavy atom. The highest BCUT2D eigenvalue weighted by atomic mass is 79.9. The highest BCUT2D eigenvalue weighted by Gasteiger charge is 2.13. The number of nitrogens with one attached hydrogen (secondary N) is 2. The monoisotopic (exact) mass is 469 g/mol. The third kappa shape index (κ3) is 6.14. The number of hydrazone groups is 1. The van der Waals surface area contributed by atoms with Gasteiger partial charge in [0.05, 0.1) is 18.3 Å². The summed E-state index contributed by atoms with van der Waals surface area (Å²) in [4.78, 5) is 22.6. The zero-order valence-electron chi connectivity index (χ0n) is 15.0. The average molecular weight is 471 g/mol. The second kappa shape index (κ2) is 9.95. The Bertz CT molecular complexity index is 920. The van der Waals surface area contributed by atoms with Crippen LogP contribution >= 0.6 is 27.5 Å². The van der Waals surface area contributed by atoms with Crippen LogP contribution in [0.25, 0.3) is 0 Å². The van der Waals surface area contributed by atoms with Gasteiger partial charge in [-0.1, -0.05) is 27.5 Å². The molecule has 28 heavy (non-hydrogen) atoms. The van der Waals surface area contributed by atoms with Crippen molar-refractivity contribution >= 4 is 51.4 Å². The van der Waals surface area contributed by atoms with Crippen LogP contribution in [0.1, 0.15) is 11.1 Å². The molecule has 10 heteroatoms. The maximum absolute atomic E-state index is 11.9. The molecule has 0 unspecified atom stereocenters. The van der Waals surface area contributed by atoms with Gasteiger partial charge in [0, 0.05) is 10.2 Å². The molecule has 0 saturated heterocycles. The first-order chi connectivity index (χ1) is 13.3. The summed E-state index contributed by atoms with van der Waals surface area (Å²) in [5.74, 6) is -0.787. The molecule has 0 spiro atoms. The van der Waals surface area contributed by atoms with Crippen LogP contribution < -0.4 is 20.2 Å². The van der Waals surface area contributed by atoms with Crippen LogP contribution in [0.15, 0.2) is 39.9 Å². The zero-order valence-corrected chi connectivity index (χ0v) is 17.3. The van der Waals surface area contributed by atoms with E-state index in [4.69, 9.17) is 26.2 Å². The molecule has 0 aromatic heterocycles. The van der Waals surface area contributed by atoms with Crippen LogP contribution in [0.2, 0.25) is 5.02 Å². The van der Waals surface area contributed by atoms with Crippen LogP contribution in [0.4, 0.5) is 10.5 Å². The average Bonchev–Trinajstić information content (AvgIpc) is 2.63. The number of aryl methyl sites for hydroxylation is 1. The number of anilines is 1. The van der Waals surface area contributed by atoms with Crippen molar-refractivity contribution in [2.24, 2.45) is 5.10 Å². The maximum atomic E-state index is 11.9. The number of methoxy groups -OCH3 is 1. The molecule has 0 radical (unpaired) electrons. The van der Waals surface area contributed by atoms with Crippen molar-refractivity contribution < 1.29 is 24.2 Å². The standard InChI is InChI=1S/C18H17BrClN3O5/c1-10-5-12(3-4-13(10)19)22-18(26)23-21-8-11-6-14(20)17(15(7-11)27-2)28-9-16(24)25/h3-8H,9H2,1-2H3,(H,24,25)(H2,22,23,26)/b21-8+. The van der Waals surface area contributed by atoms with Crippen molar-refractivity contribution in [3.8, 4) is 11.5 Å². The van der Waals surface area contributed by atoms with E-state index < -0.39 is 18.6 Å². The second-order valence-electron chi connectivity index (χ2n) is 5.50. The van der Waals surface area contributed by atoms with Gasteiger partial charge in [0.15, 0.2) is 18.1 Å². The fraction of sp³-hybridized carbons (Fsp3) is 0.167. The minimum absolute atomic E-state index is 0.111. The highest BCUT2D eigenvalue weighted by molar-refractivity contribution is 9.10. The predicted molar refractivity (Wildman–Crippen MR) is 110 cm³/mol. The SMILES string of the molecule is COc1cc(/C=N/NC(=O)Nc2ccc(Br)c(C)c2)cc(Cl)c1OCC(=O)O. The van der Waals surface area contributed by atoms with Crippen LogP contribution in [0, 0.1) is 6.92 Å². The van der Waals surface area contributed by atoms with E-state index in [-0.39, 0.29) is 16.5 Å². The van der Waals surface area contributed by atoms with Gasteiger partial charge in [0.2, 0.25) is 0 Å². The van der Waals surface area contributed by atoms with Crippen molar-refractivity contribution in [2.45, 2.75) is 6.92 Å². The van der Waals surface area contributed by atoms with Gasteiger partial charge in [-0.3, -0.25) is 0 Å². The number of hydrogen-bond acceptors (Lipinski definition) is 5. The van der Waals surface area contributed by atoms with Crippen LogP contribution in [-0.2, 0) is 4.79 Å². The van der Waals surface area contributed by atoms with Gasteiger partial charge < -0.3 is 19.9 Å². The van der Waals surface area contributed by atoms with E-state index in [2.05, 4.69) is 31.8 Å². The Hall–Kier alpha value is -2.78. The largest absolute Gasteiger partial charge is 0.493 e. The highest BCUT2D eigenvalue weighted by Crippen LogP contribution is 2.36. The Kier molecular flexibility index (Phi) is 7.65. The minimum Gasteiger partial charge on any atom is -0.493 e. The van der Waals surface area contributed by atoms with Crippen molar-refractivity contribution in [2.75, 3.05) is 19.0 Å². The van der Waals surface area contributed by atoms with E-state index in [9.17, 15) is 9.59 Å². The summed E-state index contributed by atoms with van der Waals surface area (Å²) in [5.41, 5.74) is 4.46. The zero-order chi connectivity index (χ0) is 20.7. The molecule has 2 aromatic carbocycles. The lowest BCUT2D eigenvalue weighted by Crippen LogP contribution is -2.24. The number of carboxylic acid groups (broad SMARTS) is 1. The molecule has 0 fully saturated rings. The lowest BCUT2D eigenvalue weighted by Gasteiger charge is -2.11. The lowest BCUT2D eigenvalue weighted by atomic mass is 10.2. The summed E-state index contributed by atoms with van der Waals surface area (Å²) in [7, 11) is 1.39. The van der Waals surface area contributed by atoms with Gasteiger partial charge in [-0.15, -0.1) is 0 Å². The molecule has 0 saturated carbocycles. The van der Waals surface area contributed by atoms with Gasteiger partial charge in [0.25, 0.3) is 0 Å². The molecule has 2 rings (SSSR count). The van der Waals surface area contributed by atoms with Gasteiger partial charge >= 0.3 is 12.0 Å². The summed E-state index contributed by atoms with van der Waals surface area (Å²) in [6.07, 6.45) is 1.36. The molecular weight excluding hydrogens is 454 g/mol. The smallest absolute Gasteiger partial charge is 0.341 e. The van der Waals surface area contributed by atoms with E-state index in [0.717, 1.165) is 10.0 Å². The Labute approximate surface area is 174 Å². The fourth-order valence-corrected chi connectivity index (χ4v) is 2.66. The number of aliphatic carboxylic acids is 1. The molecule has 148 valence electrons. The fourth-order valence-electron chi connectivity index (χ4n) is 2.14. The quantitative estimate of drug-likeness (QED) is 0.418. The number of amides is 2. The van der Waals surface area contributed by atoms with E-state index in [1.807, 2.05) is 19.1 Å². The number of urea groups is 1. The van der Waals surface area contributed by atoms with E-state index >= 15 is 0 Å². The van der Waals surface area contributed by atoms with E-state index in [1.54, 1.807) is 12.1 Å². The molecule has 2 aromatic rings. The summed E-state index contributed by atoms with van der Waals surface area (Å²) in [5, 5.41) is 15.4. The van der Waals surface area contributed by atoms with Crippen molar-refractivity contribution in [1.29, 1.82) is 0 Å². The minimum atomic E-state index is -1.14. The number of carbonyl (C=O) groups is 2. The van der Waals surface area contributed by atoms with E-state index in [0.29, 0.717) is 11.3 Å². The third-order valence-electron chi connectivity index (χ3n) is 3.39. The Balaban J connectivity index is 2.02. The summed E-state index contributed by atoms with van der Waals surface area (Å²) in [6.45, 7) is 1.35. The summed E-state index contributed by atoms with van der Waals surface area (Å²) in [6, 6.07) is 7.93. The van der Waals surface area contributed by atoms with Gasteiger partial charge in [0.1, 0.15) is 0 Å². The van der Waals surface area contributed by atoms with Crippen LogP contribution in [0.3, 0.4) is 0 Å². The Morgan fingerprint density at radius 1 is 1.32 bits per heavy atom. The molecule has 0 heterocycles. The first-order valence-corrected chi connectivity index (χ1v) is 9.05. The van der Waals surface area contributed by atoms with Crippen LogP contribution in [0.5, 0.6) is 11.5 Å². The molecule has 3 N–H and O–H groups in total. The third-order valence-corrected chi connectivity index (χ3v) is 4.56. The first-order valence-electron chi connectivity index (χ1n) is 7.88. The Morgan fingerprint density at radius 3 is 2.71 bits per heavy atom. The van der Waals surface area contributed by atoms with E-state index in [1.165, 1.54) is 19.4 Å². The molecule has 0 bridgehead atoms. The predicted octanol–water partition coefficient (Wildman–Crippen LogP) is 4.04.